The normalized spacial score (nSPS) is 18.0. The number of carbonyl (C=O) groups is 1. The van der Waals surface area contributed by atoms with E-state index in [0.29, 0.717) is 22.9 Å². The molecule has 0 aromatic heterocycles. The summed E-state index contributed by atoms with van der Waals surface area (Å²) >= 11 is 2.04. The van der Waals surface area contributed by atoms with Crippen LogP contribution in [0.4, 0.5) is 10.1 Å². The Morgan fingerprint density at radius 1 is 1.23 bits per heavy atom. The molecule has 0 aliphatic carbocycles. The number of fused-ring (bicyclic) bond motifs is 1. The highest BCUT2D eigenvalue weighted by atomic mass is 127. The number of carbonyl (C=O) groups excluding carboxylic acids is 1. The van der Waals surface area contributed by atoms with Gasteiger partial charge in [-0.25, -0.2) is 4.39 Å². The number of nitrogens with one attached hydrogen (secondary N) is 1. The lowest BCUT2D eigenvalue weighted by atomic mass is 10.1. The van der Waals surface area contributed by atoms with Crippen molar-refractivity contribution in [1.29, 1.82) is 0 Å². The third-order valence-corrected chi connectivity index (χ3v) is 6.82. The first-order valence-corrected chi connectivity index (χ1v) is 11.0. The molecule has 1 unspecified atom stereocenters. The zero-order valence-corrected chi connectivity index (χ0v) is 20.1. The van der Waals surface area contributed by atoms with Crippen LogP contribution < -0.4 is 34.0 Å². The molecule has 1 amide bonds. The molecular weight excluding hydrogens is 514 g/mol. The van der Waals surface area contributed by atoms with E-state index in [9.17, 15) is 9.18 Å². The molecule has 2 aromatic carbocycles. The average molecular weight is 540 g/mol. The first-order chi connectivity index (χ1) is 13.9. The number of hydrogen-bond donors (Lipinski definition) is 1. The van der Waals surface area contributed by atoms with Gasteiger partial charge in [-0.15, -0.1) is 0 Å². The monoisotopic (exact) mass is 540 g/mol. The van der Waals surface area contributed by atoms with E-state index in [0.717, 1.165) is 16.7 Å². The summed E-state index contributed by atoms with van der Waals surface area (Å²) < 4.78 is 20.0. The number of quaternary nitrogens is 1. The Bertz CT molecular complexity index is 941. The predicted octanol–water partition coefficient (Wildman–Crippen LogP) is 1.33. The molecule has 30 heavy (non-hydrogen) atoms. The van der Waals surface area contributed by atoms with Gasteiger partial charge in [0.05, 0.1) is 25.7 Å². The largest absolute Gasteiger partial charge is 1.00 e. The molecule has 2 aromatic rings. The number of ether oxygens (including phenoxy) is 1. The maximum atomic E-state index is 13.4. The van der Waals surface area contributed by atoms with Crippen LogP contribution >= 0.6 is 11.8 Å². The number of hydrogen-bond acceptors (Lipinski definition) is 3. The summed E-state index contributed by atoms with van der Waals surface area (Å²) in [6, 6.07) is 13.0. The smallest absolute Gasteiger partial charge is 0.255 e. The molecule has 0 bridgehead atoms. The Kier molecular flexibility index (Phi) is 7.47. The molecule has 2 heterocycles. The third kappa shape index (κ3) is 5.36. The fourth-order valence-corrected chi connectivity index (χ4v) is 5.31. The quantitative estimate of drug-likeness (QED) is 0.460. The van der Waals surface area contributed by atoms with Crippen LogP contribution in [-0.4, -0.2) is 48.6 Å². The highest BCUT2D eigenvalue weighted by Crippen LogP contribution is 2.29. The van der Waals surface area contributed by atoms with Crippen molar-refractivity contribution in [1.82, 2.24) is 0 Å². The highest BCUT2D eigenvalue weighted by Gasteiger charge is 2.31. The van der Waals surface area contributed by atoms with Gasteiger partial charge >= 0.3 is 0 Å². The number of halogens is 2. The standard InChI is InChI=1S/C23H25FN2O2S.HI/c1-26(2,21-9-10-29-15-21)13-16-3-6-20(7-4-16)25-23(27)18-11-17-12-19(24)5-8-22(17)28-14-18;/h3-8,11-12,21H,9-10,13-15H2,1-2H3;1H. The van der Waals surface area contributed by atoms with Crippen LogP contribution in [0.25, 0.3) is 6.08 Å². The summed E-state index contributed by atoms with van der Waals surface area (Å²) in [7, 11) is 4.59. The third-order valence-electron chi connectivity index (χ3n) is 5.67. The van der Waals surface area contributed by atoms with Crippen LogP contribution in [0, 0.1) is 5.82 Å². The van der Waals surface area contributed by atoms with E-state index in [2.05, 4.69) is 31.5 Å². The summed E-state index contributed by atoms with van der Waals surface area (Å²) in [6.07, 6.45) is 2.96. The predicted molar refractivity (Wildman–Crippen MR) is 116 cm³/mol. The molecule has 1 fully saturated rings. The molecule has 4 rings (SSSR count). The van der Waals surface area contributed by atoms with Gasteiger partial charge in [0.15, 0.2) is 0 Å². The van der Waals surface area contributed by atoms with Gasteiger partial charge in [0.2, 0.25) is 0 Å². The summed E-state index contributed by atoms with van der Waals surface area (Å²) in [5, 5.41) is 2.91. The Hall–Kier alpha value is -1.58. The van der Waals surface area contributed by atoms with Crippen LogP contribution in [0.5, 0.6) is 5.75 Å². The lowest BCUT2D eigenvalue weighted by Crippen LogP contribution is -3.00. The van der Waals surface area contributed by atoms with E-state index in [1.54, 1.807) is 12.1 Å². The van der Waals surface area contributed by atoms with Crippen molar-refractivity contribution >= 4 is 29.4 Å². The van der Waals surface area contributed by atoms with Crippen molar-refractivity contribution in [2.24, 2.45) is 0 Å². The minimum absolute atomic E-state index is 0. The van der Waals surface area contributed by atoms with E-state index in [1.807, 2.05) is 23.9 Å². The van der Waals surface area contributed by atoms with Crippen molar-refractivity contribution in [2.45, 2.75) is 19.0 Å². The van der Waals surface area contributed by atoms with Crippen molar-refractivity contribution in [3.63, 3.8) is 0 Å². The summed E-state index contributed by atoms with van der Waals surface area (Å²) in [5.41, 5.74) is 3.06. The number of anilines is 1. The number of amides is 1. The second-order valence-corrected chi connectivity index (χ2v) is 9.40. The number of thioether (sulfide) groups is 1. The Morgan fingerprint density at radius 3 is 2.70 bits per heavy atom. The molecule has 4 nitrogen and oxygen atoms in total. The van der Waals surface area contributed by atoms with Gasteiger partial charge < -0.3 is 38.5 Å². The summed E-state index contributed by atoms with van der Waals surface area (Å²) in [4.78, 5) is 12.6. The summed E-state index contributed by atoms with van der Waals surface area (Å²) in [5.74, 6) is 2.50. The van der Waals surface area contributed by atoms with E-state index >= 15 is 0 Å². The van der Waals surface area contributed by atoms with Crippen LogP contribution in [0.2, 0.25) is 0 Å². The molecule has 1 atom stereocenters. The van der Waals surface area contributed by atoms with Gasteiger partial charge in [-0.2, -0.15) is 11.8 Å². The molecule has 160 valence electrons. The van der Waals surface area contributed by atoms with Crippen molar-refractivity contribution in [2.75, 3.05) is 37.5 Å². The minimum Gasteiger partial charge on any atom is -1.00 e. The Morgan fingerprint density at radius 2 is 2.00 bits per heavy atom. The maximum Gasteiger partial charge on any atom is 0.255 e. The zero-order chi connectivity index (χ0) is 20.4. The van der Waals surface area contributed by atoms with Gasteiger partial charge in [0, 0.05) is 29.0 Å². The Balaban J connectivity index is 0.00000256. The molecule has 0 spiro atoms. The number of rotatable bonds is 5. The first kappa shape index (κ1) is 23.1. The number of benzene rings is 2. The van der Waals surface area contributed by atoms with Crippen LogP contribution in [0.3, 0.4) is 0 Å². The molecule has 2 aliphatic rings. The zero-order valence-electron chi connectivity index (χ0n) is 17.2. The molecular formula is C23H26FIN2O2S. The topological polar surface area (TPSA) is 38.3 Å². The lowest BCUT2D eigenvalue weighted by Gasteiger charge is -2.35. The van der Waals surface area contributed by atoms with Gasteiger partial charge in [-0.1, -0.05) is 12.1 Å². The van der Waals surface area contributed by atoms with Crippen LogP contribution in [0.15, 0.2) is 48.0 Å². The Labute approximate surface area is 198 Å². The molecule has 0 radical (unpaired) electrons. The van der Waals surface area contributed by atoms with Gasteiger partial charge in [0.1, 0.15) is 24.7 Å². The second kappa shape index (κ2) is 9.70. The van der Waals surface area contributed by atoms with Crippen molar-refractivity contribution in [3.05, 3.63) is 65.0 Å². The summed E-state index contributed by atoms with van der Waals surface area (Å²) in [6.45, 7) is 1.15. The van der Waals surface area contributed by atoms with E-state index in [1.165, 1.54) is 35.6 Å². The molecule has 7 heteroatoms. The van der Waals surface area contributed by atoms with E-state index in [4.69, 9.17) is 4.74 Å². The minimum atomic E-state index is -0.349. The van der Waals surface area contributed by atoms with Gasteiger partial charge in [-0.3, -0.25) is 4.79 Å². The molecule has 0 saturated carbocycles. The van der Waals surface area contributed by atoms with Crippen LogP contribution in [0.1, 0.15) is 17.5 Å². The molecule has 2 aliphatic heterocycles. The van der Waals surface area contributed by atoms with Crippen LogP contribution in [-0.2, 0) is 11.3 Å². The van der Waals surface area contributed by atoms with Gasteiger partial charge in [-0.05, 0) is 42.2 Å². The highest BCUT2D eigenvalue weighted by molar-refractivity contribution is 7.99. The fourth-order valence-electron chi connectivity index (χ4n) is 3.86. The van der Waals surface area contributed by atoms with E-state index in [-0.39, 0.29) is 42.3 Å². The maximum absolute atomic E-state index is 13.4. The van der Waals surface area contributed by atoms with Crippen molar-refractivity contribution in [3.8, 4) is 5.75 Å². The lowest BCUT2D eigenvalue weighted by molar-refractivity contribution is -0.924. The molecule has 1 saturated heterocycles. The fraction of sp³-hybridized carbons (Fsp3) is 0.348. The second-order valence-electron chi connectivity index (χ2n) is 8.25. The SMILES string of the molecule is C[N+](C)(Cc1ccc(NC(=O)C2=Cc3cc(F)ccc3OC2)cc1)C1CCSC1.[I-]. The number of nitrogens with zero attached hydrogens (tertiary/aromatic N) is 1. The average Bonchev–Trinajstić information content (AvgIpc) is 3.24. The van der Waals surface area contributed by atoms with Gasteiger partial charge in [0.25, 0.3) is 5.91 Å². The first-order valence-electron chi connectivity index (χ1n) is 9.84. The van der Waals surface area contributed by atoms with Crippen molar-refractivity contribution < 1.29 is 42.4 Å². The van der Waals surface area contributed by atoms with E-state index < -0.39 is 0 Å². The molecule has 1 N–H and O–H groups in total.